The van der Waals surface area contributed by atoms with Crippen molar-refractivity contribution < 1.29 is 27.4 Å². The van der Waals surface area contributed by atoms with E-state index in [1.165, 1.54) is 19.2 Å². The summed E-state index contributed by atoms with van der Waals surface area (Å²) in [6, 6.07) is 4.83. The number of hydrogen-bond donors (Lipinski definition) is 1. The molecule has 0 aliphatic heterocycles. The third-order valence-electron chi connectivity index (χ3n) is 2.09. The Morgan fingerprint density at radius 2 is 1.69 bits per heavy atom. The van der Waals surface area contributed by atoms with Crippen molar-refractivity contribution in [2.75, 3.05) is 7.11 Å². The number of alkyl halides is 4. The minimum absolute atomic E-state index is 0.286. The van der Waals surface area contributed by atoms with E-state index in [4.69, 9.17) is 9.84 Å². The van der Waals surface area contributed by atoms with Gasteiger partial charge in [0.15, 0.2) is 0 Å². The normalized spacial score (nSPS) is 13.9. The molecule has 6 heteroatoms. The number of ether oxygens (including phenoxy) is 1. The number of halogens is 4. The maximum absolute atomic E-state index is 12.8. The first-order valence-corrected chi connectivity index (χ1v) is 4.37. The highest BCUT2D eigenvalue weighted by molar-refractivity contribution is 5.29. The van der Waals surface area contributed by atoms with Crippen molar-refractivity contribution in [2.24, 2.45) is 0 Å². The number of methoxy groups -OCH3 is 1. The minimum Gasteiger partial charge on any atom is -0.497 e. The molecule has 0 amide bonds. The molecular formula is C10H10F4O2. The number of benzene rings is 1. The van der Waals surface area contributed by atoms with Crippen molar-refractivity contribution in [3.8, 4) is 5.75 Å². The fourth-order valence-electron chi connectivity index (χ4n) is 1.13. The van der Waals surface area contributed by atoms with E-state index in [1.807, 2.05) is 0 Å². The zero-order chi connectivity index (χ0) is 12.3. The van der Waals surface area contributed by atoms with Gasteiger partial charge in [-0.1, -0.05) is 12.1 Å². The summed E-state index contributed by atoms with van der Waals surface area (Å²) in [5.41, 5.74) is -0.286. The monoisotopic (exact) mass is 238 g/mol. The maximum atomic E-state index is 12.8. The predicted octanol–water partition coefficient (Wildman–Crippen LogP) is 2.63. The van der Waals surface area contributed by atoms with Crippen molar-refractivity contribution in [1.29, 1.82) is 0 Å². The third kappa shape index (κ3) is 2.44. The molecule has 16 heavy (non-hydrogen) atoms. The highest BCUT2D eigenvalue weighted by Crippen LogP contribution is 2.36. The van der Waals surface area contributed by atoms with Crippen LogP contribution in [0.4, 0.5) is 17.6 Å². The minimum atomic E-state index is -4.46. The van der Waals surface area contributed by atoms with Gasteiger partial charge >= 0.3 is 12.3 Å². The van der Waals surface area contributed by atoms with Gasteiger partial charge in [-0.25, -0.2) is 8.78 Å². The van der Waals surface area contributed by atoms with Gasteiger partial charge in [0.05, 0.1) is 7.11 Å². The summed E-state index contributed by atoms with van der Waals surface area (Å²) in [7, 11) is 1.37. The van der Waals surface area contributed by atoms with E-state index in [0.717, 1.165) is 12.1 Å². The van der Waals surface area contributed by atoms with E-state index in [9.17, 15) is 17.6 Å². The molecule has 2 nitrogen and oxygen atoms in total. The smallest absolute Gasteiger partial charge is 0.336 e. The lowest BCUT2D eigenvalue weighted by Gasteiger charge is -2.21. The quantitative estimate of drug-likeness (QED) is 0.817. The fraction of sp³-hybridized carbons (Fsp3) is 0.400. The molecule has 1 atom stereocenters. The first kappa shape index (κ1) is 12.8. The molecule has 0 bridgehead atoms. The average molecular weight is 238 g/mol. The number of aliphatic hydroxyl groups is 1. The van der Waals surface area contributed by atoms with E-state index in [1.54, 1.807) is 0 Å². The molecule has 0 fully saturated rings. The Labute approximate surface area is 89.5 Å². The van der Waals surface area contributed by atoms with Crippen LogP contribution in [0.25, 0.3) is 0 Å². The Morgan fingerprint density at radius 1 is 1.19 bits per heavy atom. The molecule has 90 valence electrons. The molecule has 0 radical (unpaired) electrons. The third-order valence-corrected chi connectivity index (χ3v) is 2.09. The van der Waals surface area contributed by atoms with Crippen molar-refractivity contribution in [3.63, 3.8) is 0 Å². The van der Waals surface area contributed by atoms with Crippen molar-refractivity contribution in [1.82, 2.24) is 0 Å². The molecule has 1 aromatic rings. The summed E-state index contributed by atoms with van der Waals surface area (Å²) in [5, 5.41) is 9.11. The van der Waals surface area contributed by atoms with Gasteiger partial charge in [-0.15, -0.1) is 0 Å². The second kappa shape index (κ2) is 4.69. The number of rotatable bonds is 4. The van der Waals surface area contributed by atoms with E-state index in [2.05, 4.69) is 0 Å². The summed E-state index contributed by atoms with van der Waals surface area (Å²) in [4.78, 5) is 0. The van der Waals surface area contributed by atoms with Crippen molar-refractivity contribution >= 4 is 0 Å². The first-order chi connectivity index (χ1) is 7.39. The summed E-state index contributed by atoms with van der Waals surface area (Å²) >= 11 is 0. The largest absolute Gasteiger partial charge is 0.497 e. The summed E-state index contributed by atoms with van der Waals surface area (Å²) < 4.78 is 54.2. The fourth-order valence-corrected chi connectivity index (χ4v) is 1.13. The lowest BCUT2D eigenvalue weighted by Crippen LogP contribution is -2.34. The second-order valence-electron chi connectivity index (χ2n) is 3.15. The Balaban J connectivity index is 2.91. The van der Waals surface area contributed by atoms with Crippen LogP contribution >= 0.6 is 0 Å². The van der Waals surface area contributed by atoms with Crippen molar-refractivity contribution in [2.45, 2.75) is 18.5 Å². The number of aliphatic hydroxyl groups excluding tert-OH is 1. The molecule has 0 aliphatic rings. The summed E-state index contributed by atoms with van der Waals surface area (Å²) in [5.74, 6) is -4.08. The standard InChI is InChI=1S/C10H10F4O2/c1-16-7-4-2-6(3-5-7)8(15)10(13,14)9(11)12/h2-5,8-9,15H,1H3. The molecule has 0 spiro atoms. The lowest BCUT2D eigenvalue weighted by molar-refractivity contribution is -0.193. The molecule has 1 N–H and O–H groups in total. The van der Waals surface area contributed by atoms with Crippen LogP contribution in [0.5, 0.6) is 5.75 Å². The second-order valence-corrected chi connectivity index (χ2v) is 3.15. The Bertz CT molecular complexity index is 337. The van der Waals surface area contributed by atoms with E-state index in [-0.39, 0.29) is 5.56 Å². The van der Waals surface area contributed by atoms with Crippen molar-refractivity contribution in [3.05, 3.63) is 29.8 Å². The topological polar surface area (TPSA) is 29.5 Å². The van der Waals surface area contributed by atoms with E-state index in [0.29, 0.717) is 5.75 Å². The molecule has 0 aliphatic carbocycles. The first-order valence-electron chi connectivity index (χ1n) is 4.37. The van der Waals surface area contributed by atoms with Gasteiger partial charge in [0.1, 0.15) is 11.9 Å². The van der Waals surface area contributed by atoms with Gasteiger partial charge in [0.2, 0.25) is 0 Å². The maximum Gasteiger partial charge on any atom is 0.336 e. The number of hydrogen-bond acceptors (Lipinski definition) is 2. The highest BCUT2D eigenvalue weighted by atomic mass is 19.3. The van der Waals surface area contributed by atoms with Gasteiger partial charge in [-0.2, -0.15) is 8.78 Å². The summed E-state index contributed by atoms with van der Waals surface area (Å²) in [6.07, 6.45) is -6.44. The lowest BCUT2D eigenvalue weighted by atomic mass is 10.0. The molecule has 0 saturated heterocycles. The molecule has 1 rings (SSSR count). The van der Waals surface area contributed by atoms with Crippen LogP contribution in [0.15, 0.2) is 24.3 Å². The van der Waals surface area contributed by atoms with Crippen LogP contribution < -0.4 is 4.74 Å². The molecular weight excluding hydrogens is 228 g/mol. The highest BCUT2D eigenvalue weighted by Gasteiger charge is 2.48. The zero-order valence-corrected chi connectivity index (χ0v) is 8.33. The average Bonchev–Trinajstić information content (AvgIpc) is 2.28. The van der Waals surface area contributed by atoms with Gasteiger partial charge in [0, 0.05) is 0 Å². The Kier molecular flexibility index (Phi) is 3.74. The van der Waals surface area contributed by atoms with Crippen LogP contribution in [0.2, 0.25) is 0 Å². The van der Waals surface area contributed by atoms with Gasteiger partial charge in [-0.3, -0.25) is 0 Å². The Morgan fingerprint density at radius 3 is 2.06 bits per heavy atom. The van der Waals surface area contributed by atoms with E-state index >= 15 is 0 Å². The SMILES string of the molecule is COc1ccc(C(O)C(F)(F)C(F)F)cc1. The van der Waals surface area contributed by atoms with Crippen LogP contribution in [-0.4, -0.2) is 24.6 Å². The predicted molar refractivity (Wildman–Crippen MR) is 48.9 cm³/mol. The van der Waals surface area contributed by atoms with Crippen LogP contribution in [0.1, 0.15) is 11.7 Å². The molecule has 1 unspecified atom stereocenters. The van der Waals surface area contributed by atoms with Crippen LogP contribution in [0.3, 0.4) is 0 Å². The molecule has 0 heterocycles. The molecule has 1 aromatic carbocycles. The molecule has 0 aromatic heterocycles. The zero-order valence-electron chi connectivity index (χ0n) is 8.33. The van der Waals surface area contributed by atoms with Gasteiger partial charge < -0.3 is 9.84 Å². The summed E-state index contributed by atoms with van der Waals surface area (Å²) in [6.45, 7) is 0. The van der Waals surface area contributed by atoms with Gasteiger partial charge in [-0.05, 0) is 17.7 Å². The van der Waals surface area contributed by atoms with Gasteiger partial charge in [0.25, 0.3) is 0 Å². The van der Waals surface area contributed by atoms with Crippen LogP contribution in [-0.2, 0) is 0 Å². The van der Waals surface area contributed by atoms with Crippen LogP contribution in [0, 0.1) is 0 Å². The van der Waals surface area contributed by atoms with E-state index < -0.39 is 18.5 Å². The molecule has 0 saturated carbocycles. The Hall–Kier alpha value is -1.30.